The number of aryl methyl sites for hydroxylation is 1. The number of nitrogens with zero attached hydrogens (tertiary/aromatic N) is 1. The molecule has 0 N–H and O–H groups in total. The van der Waals surface area contributed by atoms with Crippen molar-refractivity contribution in [1.29, 1.82) is 0 Å². The largest absolute Gasteiger partial charge is 0.241 e. The van der Waals surface area contributed by atoms with Gasteiger partial charge in [-0.3, -0.25) is 0 Å². The molecule has 0 aliphatic rings. The third-order valence-electron chi connectivity index (χ3n) is 2.88. The van der Waals surface area contributed by atoms with E-state index in [1.54, 1.807) is 22.7 Å². The lowest BCUT2D eigenvalue weighted by molar-refractivity contribution is 0.922. The maximum absolute atomic E-state index is 6.49. The van der Waals surface area contributed by atoms with Crippen LogP contribution in [-0.2, 0) is 6.42 Å². The van der Waals surface area contributed by atoms with Crippen LogP contribution in [0.3, 0.4) is 0 Å². The number of alkyl halides is 1. The summed E-state index contributed by atoms with van der Waals surface area (Å²) in [6.07, 6.45) is 0.808. The Labute approximate surface area is 119 Å². The van der Waals surface area contributed by atoms with E-state index in [1.165, 1.54) is 15.1 Å². The standard InChI is InChI=1S/C14H12ClNS2/c1-9-6-7-17-14(9)10(15)8-13-16-11-4-2-3-5-12(11)18-13/h2-7,10H,8H2,1H3. The summed E-state index contributed by atoms with van der Waals surface area (Å²) in [7, 11) is 0. The third kappa shape index (κ3) is 2.30. The van der Waals surface area contributed by atoms with Crippen molar-refractivity contribution in [1.82, 2.24) is 4.98 Å². The summed E-state index contributed by atoms with van der Waals surface area (Å²) in [6, 6.07) is 10.3. The van der Waals surface area contributed by atoms with Crippen LogP contribution in [0.4, 0.5) is 0 Å². The van der Waals surface area contributed by atoms with E-state index in [0.29, 0.717) is 0 Å². The monoisotopic (exact) mass is 293 g/mol. The highest BCUT2D eigenvalue weighted by atomic mass is 35.5. The average Bonchev–Trinajstić information content (AvgIpc) is 2.94. The first-order chi connectivity index (χ1) is 8.74. The SMILES string of the molecule is Cc1ccsc1C(Cl)Cc1nc2ccccc2s1. The molecule has 3 aromatic rings. The number of benzene rings is 1. The fourth-order valence-corrected chi connectivity index (χ4v) is 4.44. The second-order valence-corrected chi connectivity index (χ2v) is 6.80. The molecule has 0 spiro atoms. The molecule has 92 valence electrons. The number of halogens is 1. The van der Waals surface area contributed by atoms with Gasteiger partial charge < -0.3 is 0 Å². The van der Waals surface area contributed by atoms with Crippen LogP contribution < -0.4 is 0 Å². The van der Waals surface area contributed by atoms with Gasteiger partial charge in [0.15, 0.2) is 0 Å². The van der Waals surface area contributed by atoms with Gasteiger partial charge in [0.1, 0.15) is 0 Å². The lowest BCUT2D eigenvalue weighted by Crippen LogP contribution is -1.94. The molecule has 0 amide bonds. The minimum atomic E-state index is 0.0329. The van der Waals surface area contributed by atoms with E-state index in [2.05, 4.69) is 35.5 Å². The highest BCUT2D eigenvalue weighted by Gasteiger charge is 2.15. The van der Waals surface area contributed by atoms with Crippen LogP contribution in [0.5, 0.6) is 0 Å². The topological polar surface area (TPSA) is 12.9 Å². The number of thiazole rings is 1. The van der Waals surface area contributed by atoms with Crippen molar-refractivity contribution < 1.29 is 0 Å². The van der Waals surface area contributed by atoms with Gasteiger partial charge in [0.2, 0.25) is 0 Å². The molecule has 0 bridgehead atoms. The van der Waals surface area contributed by atoms with Crippen molar-refractivity contribution in [3.63, 3.8) is 0 Å². The maximum Gasteiger partial charge on any atom is 0.0957 e. The van der Waals surface area contributed by atoms with Gasteiger partial charge in [0.25, 0.3) is 0 Å². The highest BCUT2D eigenvalue weighted by molar-refractivity contribution is 7.18. The average molecular weight is 294 g/mol. The number of rotatable bonds is 3. The zero-order valence-electron chi connectivity index (χ0n) is 9.89. The van der Waals surface area contributed by atoms with Gasteiger partial charge in [0, 0.05) is 11.3 Å². The van der Waals surface area contributed by atoms with Crippen LogP contribution in [0.25, 0.3) is 10.2 Å². The van der Waals surface area contributed by atoms with E-state index in [9.17, 15) is 0 Å². The Bertz CT molecular complexity index is 638. The minimum Gasteiger partial charge on any atom is -0.241 e. The number of para-hydroxylation sites is 1. The molecule has 1 aromatic carbocycles. The molecule has 0 saturated carbocycles. The van der Waals surface area contributed by atoms with Gasteiger partial charge in [-0.25, -0.2) is 4.98 Å². The number of aromatic nitrogens is 1. The van der Waals surface area contributed by atoms with Gasteiger partial charge in [-0.05, 0) is 36.1 Å². The normalized spacial score (nSPS) is 13.0. The summed E-state index contributed by atoms with van der Waals surface area (Å²) < 4.78 is 1.24. The van der Waals surface area contributed by atoms with E-state index >= 15 is 0 Å². The second-order valence-electron chi connectivity index (χ2n) is 4.21. The van der Waals surface area contributed by atoms with E-state index in [1.807, 2.05) is 12.1 Å². The van der Waals surface area contributed by atoms with Crippen LogP contribution in [0, 0.1) is 6.92 Å². The summed E-state index contributed by atoms with van der Waals surface area (Å²) in [6.45, 7) is 2.11. The Morgan fingerprint density at radius 2 is 2.11 bits per heavy atom. The first kappa shape index (κ1) is 12.2. The van der Waals surface area contributed by atoms with Gasteiger partial charge in [-0.2, -0.15) is 0 Å². The molecule has 1 unspecified atom stereocenters. The van der Waals surface area contributed by atoms with Crippen LogP contribution in [0.15, 0.2) is 35.7 Å². The Hall–Kier alpha value is -0.900. The molecule has 0 saturated heterocycles. The van der Waals surface area contributed by atoms with Gasteiger partial charge in [-0.1, -0.05) is 12.1 Å². The van der Waals surface area contributed by atoms with Crippen molar-refractivity contribution in [3.8, 4) is 0 Å². The molecule has 0 fully saturated rings. The van der Waals surface area contributed by atoms with Crippen molar-refractivity contribution in [2.45, 2.75) is 18.7 Å². The molecule has 2 aromatic heterocycles. The Morgan fingerprint density at radius 3 is 2.83 bits per heavy atom. The summed E-state index contributed by atoms with van der Waals surface area (Å²) >= 11 is 9.96. The predicted octanol–water partition coefficient (Wildman–Crippen LogP) is 5.19. The summed E-state index contributed by atoms with van der Waals surface area (Å²) in [5.41, 5.74) is 2.35. The molecule has 0 aliphatic heterocycles. The van der Waals surface area contributed by atoms with E-state index in [0.717, 1.165) is 16.9 Å². The summed E-state index contributed by atoms with van der Waals surface area (Å²) in [5.74, 6) is 0. The lowest BCUT2D eigenvalue weighted by Gasteiger charge is -2.06. The second kappa shape index (κ2) is 5.00. The van der Waals surface area contributed by atoms with Crippen molar-refractivity contribution in [2.75, 3.05) is 0 Å². The Morgan fingerprint density at radius 1 is 1.28 bits per heavy atom. The summed E-state index contributed by atoms with van der Waals surface area (Å²) in [4.78, 5) is 5.89. The van der Waals surface area contributed by atoms with Gasteiger partial charge >= 0.3 is 0 Å². The van der Waals surface area contributed by atoms with Gasteiger partial charge in [0.05, 0.1) is 20.6 Å². The van der Waals surface area contributed by atoms with E-state index in [-0.39, 0.29) is 5.38 Å². The number of thiophene rings is 1. The molecular formula is C14H12ClNS2. The van der Waals surface area contributed by atoms with Crippen LogP contribution >= 0.6 is 34.3 Å². The van der Waals surface area contributed by atoms with Crippen molar-refractivity contribution in [2.24, 2.45) is 0 Å². The number of hydrogen-bond donors (Lipinski definition) is 0. The van der Waals surface area contributed by atoms with Crippen molar-refractivity contribution >= 4 is 44.5 Å². The fourth-order valence-electron chi connectivity index (χ4n) is 1.96. The smallest absolute Gasteiger partial charge is 0.0957 e. The van der Waals surface area contributed by atoms with E-state index < -0.39 is 0 Å². The van der Waals surface area contributed by atoms with Gasteiger partial charge in [-0.15, -0.1) is 34.3 Å². The zero-order chi connectivity index (χ0) is 12.5. The lowest BCUT2D eigenvalue weighted by atomic mass is 10.2. The molecule has 0 radical (unpaired) electrons. The van der Waals surface area contributed by atoms with Crippen LogP contribution in [0.2, 0.25) is 0 Å². The molecule has 2 heterocycles. The molecular weight excluding hydrogens is 282 g/mol. The molecule has 1 nitrogen and oxygen atoms in total. The third-order valence-corrected chi connectivity index (χ3v) is 5.57. The first-order valence-electron chi connectivity index (χ1n) is 5.76. The quantitative estimate of drug-likeness (QED) is 0.606. The highest BCUT2D eigenvalue weighted by Crippen LogP contribution is 2.33. The van der Waals surface area contributed by atoms with Crippen molar-refractivity contribution in [3.05, 3.63) is 51.2 Å². The fraction of sp³-hybridized carbons (Fsp3) is 0.214. The molecule has 4 heteroatoms. The number of hydrogen-bond acceptors (Lipinski definition) is 3. The van der Waals surface area contributed by atoms with Crippen LogP contribution in [-0.4, -0.2) is 4.98 Å². The first-order valence-corrected chi connectivity index (χ1v) is 7.90. The molecule has 18 heavy (non-hydrogen) atoms. The minimum absolute atomic E-state index is 0.0329. The predicted molar refractivity (Wildman–Crippen MR) is 81.0 cm³/mol. The molecule has 0 aliphatic carbocycles. The zero-order valence-corrected chi connectivity index (χ0v) is 12.3. The van der Waals surface area contributed by atoms with Crippen LogP contribution in [0.1, 0.15) is 20.8 Å². The van der Waals surface area contributed by atoms with E-state index in [4.69, 9.17) is 11.6 Å². The summed E-state index contributed by atoms with van der Waals surface area (Å²) in [5, 5.41) is 3.24. The molecule has 1 atom stereocenters. The number of fused-ring (bicyclic) bond motifs is 1. The molecule has 3 rings (SSSR count). The maximum atomic E-state index is 6.49. The Balaban J connectivity index is 1.86. The Kier molecular flexibility index (Phi) is 3.37.